The van der Waals surface area contributed by atoms with E-state index in [1.807, 2.05) is 18.2 Å². The molecule has 0 spiro atoms. The van der Waals surface area contributed by atoms with E-state index in [0.717, 1.165) is 18.4 Å². The maximum atomic E-state index is 12.5. The summed E-state index contributed by atoms with van der Waals surface area (Å²) >= 11 is 0. The molecule has 1 aliphatic heterocycles. The number of hydrogen-bond donors (Lipinski definition) is 1. The number of carboxylic acids is 1. The second-order valence-corrected chi connectivity index (χ2v) is 5.74. The molecule has 1 aliphatic rings. The van der Waals surface area contributed by atoms with E-state index >= 15 is 0 Å². The Labute approximate surface area is 136 Å². The summed E-state index contributed by atoms with van der Waals surface area (Å²) in [6.45, 7) is 1.21. The minimum Gasteiger partial charge on any atom is -0.496 e. The van der Waals surface area contributed by atoms with Crippen LogP contribution < -0.4 is 9.47 Å². The monoisotopic (exact) mass is 321 g/mol. The highest BCUT2D eigenvalue weighted by Crippen LogP contribution is 2.30. The number of amides is 1. The molecule has 1 aromatic rings. The SMILES string of the molecule is COc1cccc(OC)c1CC(=O)N1CCC(CC(=O)O)CC1. The van der Waals surface area contributed by atoms with Crippen molar-refractivity contribution in [2.24, 2.45) is 5.92 Å². The summed E-state index contributed by atoms with van der Waals surface area (Å²) < 4.78 is 10.6. The Hall–Kier alpha value is -2.24. The summed E-state index contributed by atoms with van der Waals surface area (Å²) in [5.41, 5.74) is 0.746. The molecule has 2 rings (SSSR count). The third-order valence-corrected chi connectivity index (χ3v) is 4.29. The summed E-state index contributed by atoms with van der Waals surface area (Å²) in [6, 6.07) is 5.44. The number of likely N-dealkylation sites (tertiary alicyclic amines) is 1. The number of carboxylic acid groups (broad SMARTS) is 1. The maximum absolute atomic E-state index is 12.5. The zero-order valence-corrected chi connectivity index (χ0v) is 13.6. The molecule has 1 fully saturated rings. The molecule has 1 aromatic carbocycles. The highest BCUT2D eigenvalue weighted by molar-refractivity contribution is 5.80. The first-order valence-corrected chi connectivity index (χ1v) is 7.74. The van der Waals surface area contributed by atoms with Gasteiger partial charge in [0.05, 0.1) is 20.6 Å². The average Bonchev–Trinajstić information content (AvgIpc) is 2.55. The normalized spacial score (nSPS) is 15.3. The van der Waals surface area contributed by atoms with E-state index < -0.39 is 5.97 Å². The van der Waals surface area contributed by atoms with Gasteiger partial charge >= 0.3 is 5.97 Å². The van der Waals surface area contributed by atoms with Crippen LogP contribution in [0.5, 0.6) is 11.5 Å². The van der Waals surface area contributed by atoms with Crippen LogP contribution in [-0.4, -0.2) is 49.2 Å². The lowest BCUT2D eigenvalue weighted by Crippen LogP contribution is -2.39. The molecule has 0 unspecified atom stereocenters. The van der Waals surface area contributed by atoms with Crippen LogP contribution in [0.1, 0.15) is 24.8 Å². The van der Waals surface area contributed by atoms with Gasteiger partial charge in [0.15, 0.2) is 0 Å². The van der Waals surface area contributed by atoms with Gasteiger partial charge in [-0.25, -0.2) is 0 Å². The Kier molecular flexibility index (Phi) is 5.84. The Morgan fingerprint density at radius 1 is 1.17 bits per heavy atom. The topological polar surface area (TPSA) is 76.1 Å². The Morgan fingerprint density at radius 3 is 2.22 bits per heavy atom. The summed E-state index contributed by atoms with van der Waals surface area (Å²) in [4.78, 5) is 25.1. The molecule has 0 saturated carbocycles. The van der Waals surface area contributed by atoms with Gasteiger partial charge in [0.25, 0.3) is 0 Å². The van der Waals surface area contributed by atoms with Crippen LogP contribution in [0.15, 0.2) is 18.2 Å². The molecule has 1 amide bonds. The summed E-state index contributed by atoms with van der Waals surface area (Å²) in [5, 5.41) is 8.84. The van der Waals surface area contributed by atoms with Crippen molar-refractivity contribution in [2.75, 3.05) is 27.3 Å². The number of piperidine rings is 1. The number of carbonyl (C=O) groups is 2. The van der Waals surface area contributed by atoms with Crippen molar-refractivity contribution < 1.29 is 24.2 Å². The van der Waals surface area contributed by atoms with Crippen LogP contribution in [0.3, 0.4) is 0 Å². The molecule has 6 heteroatoms. The number of methoxy groups -OCH3 is 2. The zero-order valence-electron chi connectivity index (χ0n) is 13.6. The highest BCUT2D eigenvalue weighted by atomic mass is 16.5. The molecule has 1 N–H and O–H groups in total. The quantitative estimate of drug-likeness (QED) is 0.867. The van der Waals surface area contributed by atoms with E-state index in [-0.39, 0.29) is 24.7 Å². The first-order valence-electron chi connectivity index (χ1n) is 7.74. The minimum absolute atomic E-state index is 0.0153. The number of hydrogen-bond acceptors (Lipinski definition) is 4. The van der Waals surface area contributed by atoms with Gasteiger partial charge in [0, 0.05) is 25.1 Å². The molecule has 6 nitrogen and oxygen atoms in total. The van der Waals surface area contributed by atoms with Crippen LogP contribution in [0.2, 0.25) is 0 Å². The van der Waals surface area contributed by atoms with E-state index in [0.29, 0.717) is 24.6 Å². The molecule has 0 radical (unpaired) electrons. The molecule has 126 valence electrons. The molecule has 1 saturated heterocycles. The van der Waals surface area contributed by atoms with Gasteiger partial charge in [-0.2, -0.15) is 0 Å². The second-order valence-electron chi connectivity index (χ2n) is 5.74. The van der Waals surface area contributed by atoms with Crippen LogP contribution in [0, 0.1) is 5.92 Å². The van der Waals surface area contributed by atoms with Gasteiger partial charge in [-0.3, -0.25) is 9.59 Å². The van der Waals surface area contributed by atoms with E-state index in [4.69, 9.17) is 14.6 Å². The molecule has 0 atom stereocenters. The van der Waals surface area contributed by atoms with E-state index in [1.165, 1.54) is 0 Å². The summed E-state index contributed by atoms with van der Waals surface area (Å²) in [7, 11) is 3.14. The molecule has 0 aromatic heterocycles. The van der Waals surface area contributed by atoms with Crippen molar-refractivity contribution in [3.63, 3.8) is 0 Å². The maximum Gasteiger partial charge on any atom is 0.303 e. The second kappa shape index (κ2) is 7.85. The van der Waals surface area contributed by atoms with Gasteiger partial charge in [0.1, 0.15) is 11.5 Å². The van der Waals surface area contributed by atoms with Crippen molar-refractivity contribution >= 4 is 11.9 Å². The smallest absolute Gasteiger partial charge is 0.303 e. The van der Waals surface area contributed by atoms with Crippen LogP contribution in [0.4, 0.5) is 0 Å². The fraction of sp³-hybridized carbons (Fsp3) is 0.529. The van der Waals surface area contributed by atoms with Gasteiger partial charge in [-0.15, -0.1) is 0 Å². The van der Waals surface area contributed by atoms with Crippen LogP contribution >= 0.6 is 0 Å². The predicted octanol–water partition coefficient (Wildman–Crippen LogP) is 1.96. The number of benzene rings is 1. The molecule has 0 bridgehead atoms. The van der Waals surface area contributed by atoms with E-state index in [9.17, 15) is 9.59 Å². The first kappa shape index (κ1) is 17.1. The predicted molar refractivity (Wildman–Crippen MR) is 84.8 cm³/mol. The standard InChI is InChI=1S/C17H23NO5/c1-22-14-4-3-5-15(23-2)13(14)11-16(19)18-8-6-12(7-9-18)10-17(20)21/h3-5,12H,6-11H2,1-2H3,(H,20,21). The first-order chi connectivity index (χ1) is 11.0. The highest BCUT2D eigenvalue weighted by Gasteiger charge is 2.25. The minimum atomic E-state index is -0.770. The number of carbonyl (C=O) groups excluding carboxylic acids is 1. The van der Waals surface area contributed by atoms with E-state index in [1.54, 1.807) is 19.1 Å². The van der Waals surface area contributed by atoms with Gasteiger partial charge in [0.2, 0.25) is 5.91 Å². The third kappa shape index (κ3) is 4.37. The molecular weight excluding hydrogens is 298 g/mol. The van der Waals surface area contributed by atoms with Gasteiger partial charge < -0.3 is 19.5 Å². The van der Waals surface area contributed by atoms with Crippen molar-refractivity contribution in [1.29, 1.82) is 0 Å². The lowest BCUT2D eigenvalue weighted by Gasteiger charge is -2.31. The summed E-state index contributed by atoms with van der Waals surface area (Å²) in [6.07, 6.45) is 1.88. The lowest BCUT2D eigenvalue weighted by molar-refractivity contribution is -0.138. The van der Waals surface area contributed by atoms with Crippen LogP contribution in [0.25, 0.3) is 0 Å². The average molecular weight is 321 g/mol. The van der Waals surface area contributed by atoms with Crippen molar-refractivity contribution in [1.82, 2.24) is 4.90 Å². The van der Waals surface area contributed by atoms with Crippen molar-refractivity contribution in [3.8, 4) is 11.5 Å². The fourth-order valence-corrected chi connectivity index (χ4v) is 3.00. The lowest BCUT2D eigenvalue weighted by atomic mass is 9.93. The number of ether oxygens (including phenoxy) is 2. The number of aliphatic carboxylic acids is 1. The fourth-order valence-electron chi connectivity index (χ4n) is 3.00. The van der Waals surface area contributed by atoms with Gasteiger partial charge in [-0.05, 0) is 30.9 Å². The van der Waals surface area contributed by atoms with Crippen molar-refractivity contribution in [3.05, 3.63) is 23.8 Å². The molecule has 0 aliphatic carbocycles. The third-order valence-electron chi connectivity index (χ3n) is 4.29. The number of nitrogens with zero attached hydrogens (tertiary/aromatic N) is 1. The van der Waals surface area contributed by atoms with Crippen molar-refractivity contribution in [2.45, 2.75) is 25.7 Å². The summed E-state index contributed by atoms with van der Waals surface area (Å²) in [5.74, 6) is 0.685. The zero-order chi connectivity index (χ0) is 16.8. The molecule has 23 heavy (non-hydrogen) atoms. The Balaban J connectivity index is 1.99. The Bertz CT molecular complexity index is 542. The molecule has 1 heterocycles. The number of rotatable bonds is 6. The van der Waals surface area contributed by atoms with Crippen LogP contribution in [-0.2, 0) is 16.0 Å². The Morgan fingerprint density at radius 2 is 1.74 bits per heavy atom. The largest absolute Gasteiger partial charge is 0.496 e. The van der Waals surface area contributed by atoms with Gasteiger partial charge in [-0.1, -0.05) is 6.07 Å². The molecular formula is C17H23NO5. The van der Waals surface area contributed by atoms with E-state index in [2.05, 4.69) is 0 Å².